The quantitative estimate of drug-likeness (QED) is 0.414. The fraction of sp³-hybridized carbons (Fsp3) is 0.800. The van der Waals surface area contributed by atoms with Crippen LogP contribution in [0, 0.1) is 0 Å². The van der Waals surface area contributed by atoms with E-state index in [0.29, 0.717) is 0 Å². The first-order valence-electron chi connectivity index (χ1n) is 2.83. The highest BCUT2D eigenvalue weighted by Crippen LogP contribution is 1.91. The molecule has 0 bridgehead atoms. The maximum Gasteiger partial charge on any atom is 0.324 e. The molecule has 0 rings (SSSR count). The largest absolute Gasteiger partial charge is 0.468 e. The zero-order valence-electron chi connectivity index (χ0n) is 5.93. The summed E-state index contributed by atoms with van der Waals surface area (Å²) >= 11 is 0. The first-order chi connectivity index (χ1) is 4.63. The van der Waals surface area contributed by atoms with Crippen LogP contribution in [0.1, 0.15) is 6.92 Å². The maximum absolute atomic E-state index is 11.6. The molecule has 0 saturated carbocycles. The zero-order chi connectivity index (χ0) is 8.15. The topological polar surface area (TPSA) is 64.3 Å². The smallest absolute Gasteiger partial charge is 0.324 e. The number of carbonyl (C=O) groups is 1. The first kappa shape index (κ1) is 9.32. The van der Waals surface area contributed by atoms with Crippen LogP contribution in [0.2, 0.25) is 0 Å². The molecule has 0 aliphatic rings. The lowest BCUT2D eigenvalue weighted by molar-refractivity contribution is -0.143. The van der Waals surface area contributed by atoms with Gasteiger partial charge in [-0.1, -0.05) is 0 Å². The molecule has 0 aliphatic heterocycles. The Hall–Kier alpha value is -0.680. The molecule has 0 aromatic carbocycles. The SMILES string of the molecule is COC(=O)[C@H](N)[C@H](C)NF. The molecule has 0 aromatic heterocycles. The standard InChI is InChI=1S/C5H11FN2O2/c1-3(8-6)4(7)5(9)10-2/h3-4,8H,7H2,1-2H3/t3-,4+/m0/s1. The van der Waals surface area contributed by atoms with Crippen LogP contribution < -0.4 is 11.3 Å². The third-order valence-corrected chi connectivity index (χ3v) is 1.18. The fourth-order valence-corrected chi connectivity index (χ4v) is 0.408. The van der Waals surface area contributed by atoms with Gasteiger partial charge in [-0.05, 0) is 6.92 Å². The van der Waals surface area contributed by atoms with Crippen LogP contribution in [0.25, 0.3) is 0 Å². The summed E-state index contributed by atoms with van der Waals surface area (Å²) in [4.78, 5) is 10.6. The molecule has 4 nitrogen and oxygen atoms in total. The van der Waals surface area contributed by atoms with E-state index in [1.54, 1.807) is 0 Å². The van der Waals surface area contributed by atoms with Gasteiger partial charge in [0.15, 0.2) is 0 Å². The number of halogens is 1. The number of nitrogens with one attached hydrogen (secondary N) is 1. The summed E-state index contributed by atoms with van der Waals surface area (Å²) < 4.78 is 15.9. The van der Waals surface area contributed by atoms with E-state index in [1.807, 2.05) is 0 Å². The summed E-state index contributed by atoms with van der Waals surface area (Å²) in [6.07, 6.45) is 0. The summed E-state index contributed by atoms with van der Waals surface area (Å²) in [7, 11) is 1.20. The zero-order valence-corrected chi connectivity index (χ0v) is 5.93. The van der Waals surface area contributed by atoms with E-state index < -0.39 is 18.1 Å². The Balaban J connectivity index is 3.81. The molecule has 5 heteroatoms. The number of nitrogens with two attached hydrogens (primary N) is 1. The summed E-state index contributed by atoms with van der Waals surface area (Å²) in [5.41, 5.74) is 6.56. The number of rotatable bonds is 3. The monoisotopic (exact) mass is 150 g/mol. The highest BCUT2D eigenvalue weighted by Gasteiger charge is 2.20. The molecule has 3 N–H and O–H groups in total. The van der Waals surface area contributed by atoms with Gasteiger partial charge in [0, 0.05) is 0 Å². The predicted molar refractivity (Wildman–Crippen MR) is 33.7 cm³/mol. The Labute approximate surface area is 58.5 Å². The lowest BCUT2D eigenvalue weighted by atomic mass is 10.2. The fourth-order valence-electron chi connectivity index (χ4n) is 0.408. The highest BCUT2D eigenvalue weighted by atomic mass is 19.2. The Morgan fingerprint density at radius 2 is 2.30 bits per heavy atom. The Kier molecular flexibility index (Phi) is 3.90. The number of esters is 1. The van der Waals surface area contributed by atoms with Crippen LogP contribution in [0.3, 0.4) is 0 Å². The van der Waals surface area contributed by atoms with E-state index in [4.69, 9.17) is 5.73 Å². The summed E-state index contributed by atoms with van der Waals surface area (Å²) in [5.74, 6) is -0.627. The van der Waals surface area contributed by atoms with Gasteiger partial charge in [-0.25, -0.2) is 0 Å². The molecule has 0 heterocycles. The average Bonchev–Trinajstić information content (AvgIpc) is 2.00. The van der Waals surface area contributed by atoms with Gasteiger partial charge in [-0.2, -0.15) is 5.54 Å². The van der Waals surface area contributed by atoms with Crippen molar-refractivity contribution in [2.75, 3.05) is 7.11 Å². The van der Waals surface area contributed by atoms with Gasteiger partial charge in [0.2, 0.25) is 0 Å². The first-order valence-corrected chi connectivity index (χ1v) is 2.83. The second-order valence-electron chi connectivity index (χ2n) is 1.95. The average molecular weight is 150 g/mol. The third kappa shape index (κ3) is 2.28. The molecule has 10 heavy (non-hydrogen) atoms. The van der Waals surface area contributed by atoms with Gasteiger partial charge >= 0.3 is 5.97 Å². The molecule has 2 atom stereocenters. The van der Waals surface area contributed by atoms with Crippen molar-refractivity contribution in [3.05, 3.63) is 0 Å². The molecule has 0 fully saturated rings. The van der Waals surface area contributed by atoms with E-state index >= 15 is 0 Å². The van der Waals surface area contributed by atoms with Gasteiger partial charge in [0.1, 0.15) is 6.04 Å². The van der Waals surface area contributed by atoms with Crippen LogP contribution in [0.5, 0.6) is 0 Å². The van der Waals surface area contributed by atoms with Crippen molar-refractivity contribution in [1.82, 2.24) is 5.54 Å². The Morgan fingerprint density at radius 1 is 1.80 bits per heavy atom. The van der Waals surface area contributed by atoms with Crippen molar-refractivity contribution in [1.29, 1.82) is 0 Å². The van der Waals surface area contributed by atoms with E-state index in [1.165, 1.54) is 19.6 Å². The Bertz CT molecular complexity index is 120. The number of methoxy groups -OCH3 is 1. The number of hydrogen-bond donors (Lipinski definition) is 2. The van der Waals surface area contributed by atoms with Crippen molar-refractivity contribution in [2.24, 2.45) is 5.73 Å². The molecule has 0 radical (unpaired) electrons. The molecule has 0 aromatic rings. The number of carbonyl (C=O) groups excluding carboxylic acids is 1. The van der Waals surface area contributed by atoms with Crippen molar-refractivity contribution in [3.63, 3.8) is 0 Å². The van der Waals surface area contributed by atoms with Gasteiger partial charge in [-0.3, -0.25) is 4.79 Å². The van der Waals surface area contributed by atoms with Gasteiger partial charge < -0.3 is 10.5 Å². The summed E-state index contributed by atoms with van der Waals surface area (Å²) in [6, 6.07) is -1.66. The minimum atomic E-state index is -0.949. The maximum atomic E-state index is 11.6. The summed E-state index contributed by atoms with van der Waals surface area (Å²) in [5, 5.41) is 0. The third-order valence-electron chi connectivity index (χ3n) is 1.18. The van der Waals surface area contributed by atoms with Crippen molar-refractivity contribution in [3.8, 4) is 0 Å². The van der Waals surface area contributed by atoms with Crippen LogP contribution in [-0.2, 0) is 9.53 Å². The minimum Gasteiger partial charge on any atom is -0.468 e. The molecule has 60 valence electrons. The van der Waals surface area contributed by atoms with E-state index in [9.17, 15) is 9.28 Å². The molecular weight excluding hydrogens is 139 g/mol. The van der Waals surface area contributed by atoms with E-state index in [2.05, 4.69) is 4.74 Å². The van der Waals surface area contributed by atoms with Gasteiger partial charge in [0.05, 0.1) is 13.2 Å². The highest BCUT2D eigenvalue weighted by molar-refractivity contribution is 5.76. The Morgan fingerprint density at radius 3 is 2.60 bits per heavy atom. The molecule has 0 saturated heterocycles. The lowest BCUT2D eigenvalue weighted by Crippen LogP contribution is -2.46. The number of ether oxygens (including phenoxy) is 1. The number of hydrogen-bond acceptors (Lipinski definition) is 4. The molecule has 0 unspecified atom stereocenters. The second kappa shape index (κ2) is 4.19. The predicted octanol–water partition coefficient (Wildman–Crippen LogP) is -0.651. The van der Waals surface area contributed by atoms with Crippen molar-refractivity contribution < 1.29 is 14.0 Å². The molecular formula is C5H11FN2O2. The van der Waals surface area contributed by atoms with Gasteiger partial charge in [0.25, 0.3) is 0 Å². The van der Waals surface area contributed by atoms with Crippen LogP contribution in [0.4, 0.5) is 4.48 Å². The lowest BCUT2D eigenvalue weighted by Gasteiger charge is -2.13. The molecule has 0 aliphatic carbocycles. The van der Waals surface area contributed by atoms with Crippen LogP contribution >= 0.6 is 0 Å². The normalized spacial score (nSPS) is 16.0. The van der Waals surface area contributed by atoms with Gasteiger partial charge in [-0.15, -0.1) is 4.48 Å². The van der Waals surface area contributed by atoms with E-state index in [0.717, 1.165) is 0 Å². The molecule has 0 amide bonds. The summed E-state index contributed by atoms with van der Waals surface area (Å²) in [6.45, 7) is 1.45. The van der Waals surface area contributed by atoms with E-state index in [-0.39, 0.29) is 0 Å². The molecule has 0 spiro atoms. The van der Waals surface area contributed by atoms with Crippen molar-refractivity contribution in [2.45, 2.75) is 19.0 Å². The van der Waals surface area contributed by atoms with Crippen molar-refractivity contribution >= 4 is 5.97 Å². The van der Waals surface area contributed by atoms with Crippen LogP contribution in [-0.4, -0.2) is 25.2 Å². The van der Waals surface area contributed by atoms with Crippen LogP contribution in [0.15, 0.2) is 0 Å². The minimum absolute atomic E-state index is 0.627. The second-order valence-corrected chi connectivity index (χ2v) is 1.95.